The number of rotatable bonds is 5. The molecule has 1 aliphatic carbocycles. The largest absolute Gasteiger partial charge is 0.297 e. The average molecular weight is 328 g/mol. The summed E-state index contributed by atoms with van der Waals surface area (Å²) in [5.74, 6) is 0. The number of likely N-dealkylation sites (N-methyl/N-ethyl adjacent to an activating group) is 1. The second-order valence-corrected chi connectivity index (χ2v) is 5.90. The maximum atomic E-state index is 2.60. The van der Waals surface area contributed by atoms with Gasteiger partial charge in [0.15, 0.2) is 0 Å². The predicted molar refractivity (Wildman–Crippen MR) is 103 cm³/mol. The molecular weight excluding hydrogens is 302 g/mol. The van der Waals surface area contributed by atoms with E-state index >= 15 is 0 Å². The fourth-order valence-corrected chi connectivity index (χ4v) is 3.71. The van der Waals surface area contributed by atoms with Crippen molar-refractivity contribution in [1.29, 1.82) is 0 Å². The van der Waals surface area contributed by atoms with Crippen LogP contribution in [-0.2, 0) is 0 Å². The van der Waals surface area contributed by atoms with Crippen molar-refractivity contribution in [1.82, 2.24) is 4.90 Å². The predicted octanol–water partition coefficient (Wildman–Crippen LogP) is 5.52. The minimum Gasteiger partial charge on any atom is -0.297 e. The van der Waals surface area contributed by atoms with Crippen molar-refractivity contribution in [2.24, 2.45) is 0 Å². The molecule has 0 N–H and O–H groups in total. The van der Waals surface area contributed by atoms with Gasteiger partial charge in [0, 0.05) is 6.04 Å². The molecule has 0 saturated heterocycles. The van der Waals surface area contributed by atoms with E-state index in [4.69, 9.17) is 0 Å². The molecule has 2 aromatic carbocycles. The standard InChI is InChI=1S/C21H25N.ClH/c1-3-22(4-2)20-16-15-19(17-11-7-5-8-12-17)21(20)18-13-9-6-10-14-18;/h5-14,20H,3-4,15-16H2,1-2H3;1H. The molecule has 0 saturated carbocycles. The van der Waals surface area contributed by atoms with Gasteiger partial charge in [-0.1, -0.05) is 74.5 Å². The van der Waals surface area contributed by atoms with E-state index in [1.54, 1.807) is 0 Å². The fraction of sp³-hybridized carbons (Fsp3) is 0.333. The van der Waals surface area contributed by atoms with Crippen LogP contribution >= 0.6 is 12.4 Å². The smallest absolute Gasteiger partial charge is 0.0359 e. The van der Waals surface area contributed by atoms with Crippen molar-refractivity contribution >= 4 is 23.6 Å². The molecule has 0 radical (unpaired) electrons. The molecule has 1 aliphatic rings. The molecule has 0 amide bonds. The summed E-state index contributed by atoms with van der Waals surface area (Å²) in [4.78, 5) is 2.60. The summed E-state index contributed by atoms with van der Waals surface area (Å²) in [6, 6.07) is 22.4. The minimum absolute atomic E-state index is 0. The molecule has 1 atom stereocenters. The highest BCUT2D eigenvalue weighted by Gasteiger charge is 2.30. The van der Waals surface area contributed by atoms with Crippen LogP contribution in [0.15, 0.2) is 60.7 Å². The molecule has 0 bridgehead atoms. The molecule has 0 aliphatic heterocycles. The van der Waals surface area contributed by atoms with Crippen molar-refractivity contribution in [3.63, 3.8) is 0 Å². The summed E-state index contributed by atoms with van der Waals surface area (Å²) in [5.41, 5.74) is 5.84. The van der Waals surface area contributed by atoms with Gasteiger partial charge < -0.3 is 0 Å². The van der Waals surface area contributed by atoms with Gasteiger partial charge in [-0.3, -0.25) is 4.90 Å². The van der Waals surface area contributed by atoms with E-state index in [1.165, 1.54) is 35.1 Å². The Morgan fingerprint density at radius 3 is 1.87 bits per heavy atom. The first kappa shape index (κ1) is 17.8. The maximum Gasteiger partial charge on any atom is 0.0359 e. The van der Waals surface area contributed by atoms with Crippen LogP contribution in [0.1, 0.15) is 37.8 Å². The third kappa shape index (κ3) is 3.68. The third-order valence-electron chi connectivity index (χ3n) is 4.79. The van der Waals surface area contributed by atoms with Crippen LogP contribution in [-0.4, -0.2) is 24.0 Å². The fourth-order valence-electron chi connectivity index (χ4n) is 3.71. The van der Waals surface area contributed by atoms with E-state index in [-0.39, 0.29) is 12.4 Å². The first-order chi connectivity index (χ1) is 10.8. The molecule has 0 fully saturated rings. The van der Waals surface area contributed by atoms with Gasteiger partial charge in [-0.05, 0) is 48.2 Å². The lowest BCUT2D eigenvalue weighted by Crippen LogP contribution is -2.34. The Bertz CT molecular complexity index is 629. The highest BCUT2D eigenvalue weighted by Crippen LogP contribution is 2.42. The molecule has 1 nitrogen and oxygen atoms in total. The van der Waals surface area contributed by atoms with E-state index in [9.17, 15) is 0 Å². The molecule has 3 rings (SSSR count). The first-order valence-electron chi connectivity index (χ1n) is 8.43. The summed E-state index contributed by atoms with van der Waals surface area (Å²) < 4.78 is 0. The van der Waals surface area contributed by atoms with E-state index < -0.39 is 0 Å². The summed E-state index contributed by atoms with van der Waals surface area (Å²) in [5, 5.41) is 0. The van der Waals surface area contributed by atoms with E-state index in [0.717, 1.165) is 13.1 Å². The van der Waals surface area contributed by atoms with Crippen LogP contribution in [0, 0.1) is 0 Å². The Morgan fingerprint density at radius 1 is 0.826 bits per heavy atom. The molecule has 0 aromatic heterocycles. The Balaban J connectivity index is 0.00000192. The molecule has 0 heterocycles. The van der Waals surface area contributed by atoms with Crippen LogP contribution in [0.5, 0.6) is 0 Å². The van der Waals surface area contributed by atoms with Gasteiger partial charge in [0.2, 0.25) is 0 Å². The van der Waals surface area contributed by atoms with Crippen LogP contribution in [0.3, 0.4) is 0 Å². The summed E-state index contributed by atoms with van der Waals surface area (Å²) in [6.07, 6.45) is 2.41. The Hall–Kier alpha value is -1.57. The molecule has 0 spiro atoms. The lowest BCUT2D eigenvalue weighted by molar-refractivity contribution is 0.258. The zero-order valence-corrected chi connectivity index (χ0v) is 14.9. The molecule has 122 valence electrons. The van der Waals surface area contributed by atoms with Gasteiger partial charge in [0.05, 0.1) is 0 Å². The van der Waals surface area contributed by atoms with E-state index in [0.29, 0.717) is 6.04 Å². The van der Waals surface area contributed by atoms with Gasteiger partial charge in [-0.15, -0.1) is 12.4 Å². The van der Waals surface area contributed by atoms with Gasteiger partial charge in [0.1, 0.15) is 0 Å². The zero-order valence-electron chi connectivity index (χ0n) is 14.0. The maximum absolute atomic E-state index is 2.60. The summed E-state index contributed by atoms with van der Waals surface area (Å²) >= 11 is 0. The summed E-state index contributed by atoms with van der Waals surface area (Å²) in [7, 11) is 0. The molecule has 23 heavy (non-hydrogen) atoms. The van der Waals surface area contributed by atoms with E-state index in [2.05, 4.69) is 79.4 Å². The van der Waals surface area contributed by atoms with Gasteiger partial charge in [-0.25, -0.2) is 0 Å². The number of allylic oxidation sites excluding steroid dienone is 1. The van der Waals surface area contributed by atoms with Gasteiger partial charge in [-0.2, -0.15) is 0 Å². The molecule has 2 aromatic rings. The molecular formula is C21H26ClN. The van der Waals surface area contributed by atoms with Crippen molar-refractivity contribution in [3.8, 4) is 0 Å². The number of nitrogens with zero attached hydrogens (tertiary/aromatic N) is 1. The Morgan fingerprint density at radius 2 is 1.35 bits per heavy atom. The SMILES string of the molecule is CCN(CC)C1CCC(c2ccccc2)=C1c1ccccc1.Cl. The summed E-state index contributed by atoms with van der Waals surface area (Å²) in [6.45, 7) is 6.76. The van der Waals surface area contributed by atoms with Crippen molar-refractivity contribution < 1.29 is 0 Å². The third-order valence-corrected chi connectivity index (χ3v) is 4.79. The lowest BCUT2D eigenvalue weighted by Gasteiger charge is -2.29. The second-order valence-electron chi connectivity index (χ2n) is 5.90. The second kappa shape index (κ2) is 8.33. The van der Waals surface area contributed by atoms with Crippen LogP contribution < -0.4 is 0 Å². The van der Waals surface area contributed by atoms with Gasteiger partial charge in [0.25, 0.3) is 0 Å². The van der Waals surface area contributed by atoms with Crippen LogP contribution in [0.25, 0.3) is 11.1 Å². The van der Waals surface area contributed by atoms with Crippen LogP contribution in [0.4, 0.5) is 0 Å². The van der Waals surface area contributed by atoms with Gasteiger partial charge >= 0.3 is 0 Å². The number of hydrogen-bond acceptors (Lipinski definition) is 1. The average Bonchev–Trinajstić information content (AvgIpc) is 3.02. The highest BCUT2D eigenvalue weighted by molar-refractivity contribution is 5.95. The normalized spacial score (nSPS) is 17.4. The number of benzene rings is 2. The Kier molecular flexibility index (Phi) is 6.44. The monoisotopic (exact) mass is 327 g/mol. The minimum atomic E-state index is 0. The number of hydrogen-bond donors (Lipinski definition) is 0. The first-order valence-corrected chi connectivity index (χ1v) is 8.43. The van der Waals surface area contributed by atoms with E-state index in [1.807, 2.05) is 0 Å². The van der Waals surface area contributed by atoms with Crippen molar-refractivity contribution in [2.75, 3.05) is 13.1 Å². The number of halogens is 1. The quantitative estimate of drug-likeness (QED) is 0.698. The highest BCUT2D eigenvalue weighted by atomic mass is 35.5. The lowest BCUT2D eigenvalue weighted by atomic mass is 9.94. The Labute approximate surface area is 146 Å². The topological polar surface area (TPSA) is 3.24 Å². The molecule has 2 heteroatoms. The zero-order chi connectivity index (χ0) is 15.4. The molecule has 1 unspecified atom stereocenters. The van der Waals surface area contributed by atoms with Crippen LogP contribution in [0.2, 0.25) is 0 Å². The van der Waals surface area contributed by atoms with Crippen molar-refractivity contribution in [3.05, 3.63) is 71.8 Å². The van der Waals surface area contributed by atoms with Crippen molar-refractivity contribution in [2.45, 2.75) is 32.7 Å².